The lowest BCUT2D eigenvalue weighted by atomic mass is 10.2. The van der Waals surface area contributed by atoms with Crippen molar-refractivity contribution in [2.24, 2.45) is 4.99 Å². The Labute approximate surface area is 125 Å². The highest BCUT2D eigenvalue weighted by Crippen LogP contribution is 2.21. The van der Waals surface area contributed by atoms with Gasteiger partial charge in [0, 0.05) is 29.5 Å². The molecule has 2 N–H and O–H groups in total. The molecule has 0 saturated carbocycles. The molecule has 0 bridgehead atoms. The third kappa shape index (κ3) is 5.65. The van der Waals surface area contributed by atoms with Gasteiger partial charge in [0.2, 0.25) is 0 Å². The van der Waals surface area contributed by atoms with Gasteiger partial charge in [-0.15, -0.1) is 11.8 Å². The highest BCUT2D eigenvalue weighted by molar-refractivity contribution is 9.11. The van der Waals surface area contributed by atoms with Gasteiger partial charge < -0.3 is 10.6 Å². The first-order valence-electron chi connectivity index (χ1n) is 5.67. The number of hydrogen-bond donors (Lipinski definition) is 2. The average Bonchev–Trinajstić information content (AvgIpc) is 2.39. The molecule has 0 spiro atoms. The van der Waals surface area contributed by atoms with Crippen LogP contribution in [0.4, 0.5) is 4.39 Å². The smallest absolute Gasteiger partial charge is 0.191 e. The lowest BCUT2D eigenvalue weighted by molar-refractivity contribution is 0.622. The molecule has 1 rings (SSSR count). The third-order valence-electron chi connectivity index (χ3n) is 2.36. The Morgan fingerprint density at radius 1 is 1.47 bits per heavy atom. The van der Waals surface area contributed by atoms with Crippen molar-refractivity contribution in [1.82, 2.24) is 10.6 Å². The van der Waals surface area contributed by atoms with E-state index in [0.717, 1.165) is 14.9 Å². The van der Waals surface area contributed by atoms with E-state index in [2.05, 4.69) is 38.1 Å². The zero-order valence-electron chi connectivity index (χ0n) is 11.0. The zero-order valence-corrected chi connectivity index (χ0v) is 13.4. The van der Waals surface area contributed by atoms with E-state index in [-0.39, 0.29) is 5.82 Å². The van der Waals surface area contributed by atoms with Gasteiger partial charge in [0.05, 0.1) is 0 Å². The molecule has 0 amide bonds. The summed E-state index contributed by atoms with van der Waals surface area (Å²) < 4.78 is 14.1. The number of halogens is 2. The minimum atomic E-state index is -0.230. The van der Waals surface area contributed by atoms with E-state index in [9.17, 15) is 4.39 Å². The van der Waals surface area contributed by atoms with Crippen LogP contribution in [0.5, 0.6) is 0 Å². The second-order valence-electron chi connectivity index (χ2n) is 3.75. The Kier molecular flexibility index (Phi) is 6.94. The molecule has 0 saturated heterocycles. The van der Waals surface area contributed by atoms with Crippen LogP contribution in [0.1, 0.15) is 5.56 Å². The maximum absolute atomic E-state index is 13.2. The molecule has 0 fully saturated rings. The number of aliphatic imine (C=N–C) groups is 1. The number of hydrogen-bond acceptors (Lipinski definition) is 2. The van der Waals surface area contributed by atoms with Gasteiger partial charge in [-0.1, -0.05) is 22.5 Å². The number of thioether (sulfide) groups is 1. The van der Waals surface area contributed by atoms with Gasteiger partial charge in [0.1, 0.15) is 5.82 Å². The van der Waals surface area contributed by atoms with E-state index in [0.29, 0.717) is 19.0 Å². The lowest BCUT2D eigenvalue weighted by Gasteiger charge is -2.13. The molecule has 0 heterocycles. The second-order valence-corrected chi connectivity index (χ2v) is 5.72. The number of nitrogens with one attached hydrogen (secondary N) is 2. The first kappa shape index (κ1) is 16.0. The van der Waals surface area contributed by atoms with E-state index < -0.39 is 0 Å². The third-order valence-corrected chi connectivity index (χ3v) is 3.48. The van der Waals surface area contributed by atoms with E-state index in [4.69, 9.17) is 0 Å². The number of nitrogens with zero attached hydrogens (tertiary/aromatic N) is 1. The van der Waals surface area contributed by atoms with E-state index in [1.165, 1.54) is 12.1 Å². The van der Waals surface area contributed by atoms with Crippen molar-refractivity contribution in [1.29, 1.82) is 0 Å². The van der Waals surface area contributed by atoms with Crippen molar-refractivity contribution < 1.29 is 4.39 Å². The monoisotopic (exact) mass is 345 g/mol. The van der Waals surface area contributed by atoms with Crippen molar-refractivity contribution in [2.45, 2.75) is 11.4 Å². The first-order valence-corrected chi connectivity index (χ1v) is 7.68. The summed E-state index contributed by atoms with van der Waals surface area (Å²) in [5.74, 6) is 0.420. The van der Waals surface area contributed by atoms with Gasteiger partial charge in [0.25, 0.3) is 0 Å². The van der Waals surface area contributed by atoms with Crippen LogP contribution in [-0.4, -0.2) is 25.8 Å². The van der Waals surface area contributed by atoms with E-state index in [1.54, 1.807) is 24.9 Å². The quantitative estimate of drug-likeness (QED) is 0.489. The molecule has 6 heteroatoms. The zero-order chi connectivity index (χ0) is 14.3. The number of guanidine groups is 1. The Hall–Kier alpha value is -1.01. The molecule has 0 aliphatic carbocycles. The Balaban J connectivity index is 2.64. The highest BCUT2D eigenvalue weighted by atomic mass is 79.9. The van der Waals surface area contributed by atoms with Crippen molar-refractivity contribution in [2.75, 3.05) is 19.8 Å². The maximum Gasteiger partial charge on any atom is 0.191 e. The summed E-state index contributed by atoms with van der Waals surface area (Å²) in [6.07, 6.45) is 1.97. The van der Waals surface area contributed by atoms with Crippen molar-refractivity contribution in [3.05, 3.63) is 40.6 Å². The molecule has 0 unspecified atom stereocenters. The molecule has 0 radical (unpaired) electrons. The van der Waals surface area contributed by atoms with Crippen LogP contribution < -0.4 is 10.6 Å². The topological polar surface area (TPSA) is 36.4 Å². The summed E-state index contributed by atoms with van der Waals surface area (Å²) >= 11 is 4.86. The molecule has 0 aliphatic rings. The van der Waals surface area contributed by atoms with Crippen molar-refractivity contribution in [3.8, 4) is 0 Å². The van der Waals surface area contributed by atoms with Gasteiger partial charge in [-0.3, -0.25) is 4.99 Å². The molecule has 104 valence electrons. The standard InChI is InChI=1S/C13H17BrFN3S/c1-9(14)7-17-13(16-2)18-8-10-6-11(15)4-5-12(10)19-3/h4-6H,1,7-8H2,2-3H3,(H2,16,17,18). The fraction of sp³-hybridized carbons (Fsp3) is 0.308. The summed E-state index contributed by atoms with van der Waals surface area (Å²) in [4.78, 5) is 5.14. The lowest BCUT2D eigenvalue weighted by Crippen LogP contribution is -2.37. The summed E-state index contributed by atoms with van der Waals surface area (Å²) in [7, 11) is 1.69. The van der Waals surface area contributed by atoms with Crippen LogP contribution in [0.15, 0.2) is 39.1 Å². The van der Waals surface area contributed by atoms with Gasteiger partial charge in [-0.05, 0) is 30.0 Å². The molecule has 19 heavy (non-hydrogen) atoms. The fourth-order valence-electron chi connectivity index (χ4n) is 1.46. The van der Waals surface area contributed by atoms with Crippen LogP contribution >= 0.6 is 27.7 Å². The molecule has 1 aromatic rings. The molecule has 0 aromatic heterocycles. The molecule has 1 aromatic carbocycles. The van der Waals surface area contributed by atoms with Crippen LogP contribution in [0.2, 0.25) is 0 Å². The Morgan fingerprint density at radius 2 is 2.21 bits per heavy atom. The Morgan fingerprint density at radius 3 is 2.79 bits per heavy atom. The van der Waals surface area contributed by atoms with Crippen LogP contribution in [0, 0.1) is 5.82 Å². The van der Waals surface area contributed by atoms with Gasteiger partial charge >= 0.3 is 0 Å². The van der Waals surface area contributed by atoms with Crippen LogP contribution in [0.3, 0.4) is 0 Å². The minimum absolute atomic E-state index is 0.230. The molecular weight excluding hydrogens is 329 g/mol. The summed E-state index contributed by atoms with van der Waals surface area (Å²) in [5.41, 5.74) is 0.910. The van der Waals surface area contributed by atoms with Gasteiger partial charge in [-0.25, -0.2) is 4.39 Å². The Bertz CT molecular complexity index is 477. The average molecular weight is 346 g/mol. The SMILES string of the molecule is C=C(Br)CNC(=NC)NCc1cc(F)ccc1SC. The van der Waals surface area contributed by atoms with Gasteiger partial charge in [-0.2, -0.15) is 0 Å². The predicted molar refractivity (Wildman–Crippen MR) is 84.4 cm³/mol. The van der Waals surface area contributed by atoms with Crippen molar-refractivity contribution >= 4 is 33.7 Å². The maximum atomic E-state index is 13.2. The predicted octanol–water partition coefficient (Wildman–Crippen LogP) is 3.12. The summed E-state index contributed by atoms with van der Waals surface area (Å²) in [6.45, 7) is 4.83. The molecule has 0 aliphatic heterocycles. The van der Waals surface area contributed by atoms with Crippen LogP contribution in [0.25, 0.3) is 0 Å². The van der Waals surface area contributed by atoms with Crippen molar-refractivity contribution in [3.63, 3.8) is 0 Å². The molecular formula is C13H17BrFN3S. The largest absolute Gasteiger partial charge is 0.352 e. The molecule has 3 nitrogen and oxygen atoms in total. The van der Waals surface area contributed by atoms with E-state index in [1.807, 2.05) is 6.26 Å². The number of benzene rings is 1. The van der Waals surface area contributed by atoms with Crippen LogP contribution in [-0.2, 0) is 6.54 Å². The summed E-state index contributed by atoms with van der Waals surface area (Å²) in [5, 5.41) is 6.22. The second kappa shape index (κ2) is 8.22. The fourth-order valence-corrected chi connectivity index (χ4v) is 2.20. The first-order chi connectivity index (χ1) is 9.06. The highest BCUT2D eigenvalue weighted by Gasteiger charge is 2.05. The van der Waals surface area contributed by atoms with Gasteiger partial charge in [0.15, 0.2) is 5.96 Å². The normalized spacial score (nSPS) is 11.3. The number of rotatable bonds is 5. The van der Waals surface area contributed by atoms with E-state index >= 15 is 0 Å². The summed E-state index contributed by atoms with van der Waals surface area (Å²) in [6, 6.07) is 4.79. The molecule has 0 atom stereocenters. The minimum Gasteiger partial charge on any atom is -0.352 e.